The fraction of sp³-hybridized carbons (Fsp3) is 0. The van der Waals surface area contributed by atoms with Gasteiger partial charge in [0.1, 0.15) is 21.5 Å². The number of halogens is 1. The van der Waals surface area contributed by atoms with Gasteiger partial charge in [-0.25, -0.2) is 9.78 Å². The molecule has 0 radical (unpaired) electrons. The average Bonchev–Trinajstić information content (AvgIpc) is 2.53. The standard InChI is InChI=1S/C6H3BrN2O2S/c7-4-5-9(2-8-4)3(1-12-5)6(10)11/h1-2H,(H,10,11). The SMILES string of the molecule is O=C(O)c1csc2c(Br)ncn12. The molecule has 12 heavy (non-hydrogen) atoms. The maximum atomic E-state index is 10.6. The van der Waals surface area contributed by atoms with Gasteiger partial charge >= 0.3 is 5.97 Å². The van der Waals surface area contributed by atoms with E-state index in [2.05, 4.69) is 20.9 Å². The monoisotopic (exact) mass is 246 g/mol. The highest BCUT2D eigenvalue weighted by molar-refractivity contribution is 9.10. The zero-order valence-corrected chi connectivity index (χ0v) is 8.09. The van der Waals surface area contributed by atoms with Gasteiger partial charge in [0.25, 0.3) is 0 Å². The normalized spacial score (nSPS) is 10.8. The molecule has 2 aromatic rings. The average molecular weight is 247 g/mol. The molecule has 2 aromatic heterocycles. The lowest BCUT2D eigenvalue weighted by atomic mass is 10.5. The molecule has 0 spiro atoms. The van der Waals surface area contributed by atoms with E-state index in [0.717, 1.165) is 4.83 Å². The molecule has 0 bridgehead atoms. The molecule has 0 saturated carbocycles. The predicted octanol–water partition coefficient (Wildman–Crippen LogP) is 1.86. The molecule has 0 fully saturated rings. The van der Waals surface area contributed by atoms with E-state index in [9.17, 15) is 4.79 Å². The Morgan fingerprint density at radius 1 is 1.75 bits per heavy atom. The smallest absolute Gasteiger partial charge is 0.353 e. The zero-order chi connectivity index (χ0) is 8.72. The second-order valence-corrected chi connectivity index (χ2v) is 3.75. The number of aromatic carboxylic acids is 1. The molecule has 2 rings (SSSR count). The number of hydrogen-bond donors (Lipinski definition) is 1. The van der Waals surface area contributed by atoms with Gasteiger partial charge in [-0.2, -0.15) is 0 Å². The van der Waals surface area contributed by atoms with Crippen molar-refractivity contribution in [2.24, 2.45) is 0 Å². The van der Waals surface area contributed by atoms with Crippen LogP contribution in [0.4, 0.5) is 0 Å². The number of fused-ring (bicyclic) bond motifs is 1. The van der Waals surface area contributed by atoms with Crippen molar-refractivity contribution in [2.75, 3.05) is 0 Å². The van der Waals surface area contributed by atoms with Gasteiger partial charge < -0.3 is 5.11 Å². The minimum absolute atomic E-state index is 0.244. The third kappa shape index (κ3) is 0.953. The zero-order valence-electron chi connectivity index (χ0n) is 5.69. The first-order valence-corrected chi connectivity index (χ1v) is 4.71. The van der Waals surface area contributed by atoms with Crippen molar-refractivity contribution in [3.8, 4) is 0 Å². The van der Waals surface area contributed by atoms with Gasteiger partial charge in [-0.05, 0) is 15.9 Å². The third-order valence-electron chi connectivity index (χ3n) is 1.44. The summed E-state index contributed by atoms with van der Waals surface area (Å²) in [5.74, 6) is -0.939. The number of carboxylic acids is 1. The van der Waals surface area contributed by atoms with Crippen LogP contribution in [0.5, 0.6) is 0 Å². The maximum Gasteiger partial charge on any atom is 0.353 e. The summed E-state index contributed by atoms with van der Waals surface area (Å²) in [5, 5.41) is 10.3. The van der Waals surface area contributed by atoms with Crippen molar-refractivity contribution in [1.29, 1.82) is 0 Å². The molecular weight excluding hydrogens is 244 g/mol. The predicted molar refractivity (Wildman–Crippen MR) is 47.7 cm³/mol. The molecule has 0 aliphatic heterocycles. The molecular formula is C6H3BrN2O2S. The number of thiazole rings is 1. The molecule has 0 unspecified atom stereocenters. The first-order chi connectivity index (χ1) is 5.70. The first-order valence-electron chi connectivity index (χ1n) is 3.03. The number of carbonyl (C=O) groups is 1. The Bertz CT molecular complexity index is 447. The van der Waals surface area contributed by atoms with E-state index in [1.54, 1.807) is 5.38 Å². The van der Waals surface area contributed by atoms with Crippen LogP contribution in [0, 0.1) is 0 Å². The Morgan fingerprint density at radius 2 is 2.50 bits per heavy atom. The first kappa shape index (κ1) is 7.75. The highest BCUT2D eigenvalue weighted by Gasteiger charge is 2.12. The summed E-state index contributed by atoms with van der Waals surface area (Å²) in [6.07, 6.45) is 1.49. The van der Waals surface area contributed by atoms with Crippen molar-refractivity contribution >= 4 is 38.1 Å². The van der Waals surface area contributed by atoms with Crippen molar-refractivity contribution in [1.82, 2.24) is 9.38 Å². The lowest BCUT2D eigenvalue weighted by molar-refractivity contribution is 0.0689. The van der Waals surface area contributed by atoms with Crippen LogP contribution in [0.25, 0.3) is 4.83 Å². The van der Waals surface area contributed by atoms with Crippen molar-refractivity contribution in [2.45, 2.75) is 0 Å². The summed E-state index contributed by atoms with van der Waals surface area (Å²) in [4.78, 5) is 15.4. The number of carboxylic acid groups (broad SMARTS) is 1. The Kier molecular flexibility index (Phi) is 1.66. The van der Waals surface area contributed by atoms with E-state index in [0.29, 0.717) is 4.60 Å². The minimum atomic E-state index is -0.939. The van der Waals surface area contributed by atoms with Gasteiger partial charge in [0.05, 0.1) is 0 Å². The van der Waals surface area contributed by atoms with Gasteiger partial charge in [-0.1, -0.05) is 0 Å². The number of nitrogens with zero attached hydrogens (tertiary/aromatic N) is 2. The number of hydrogen-bond acceptors (Lipinski definition) is 3. The van der Waals surface area contributed by atoms with Crippen LogP contribution >= 0.6 is 27.3 Å². The molecule has 62 valence electrons. The summed E-state index contributed by atoms with van der Waals surface area (Å²) < 4.78 is 2.22. The van der Waals surface area contributed by atoms with Gasteiger partial charge in [0.2, 0.25) is 0 Å². The topological polar surface area (TPSA) is 54.6 Å². The van der Waals surface area contributed by atoms with Crippen LogP contribution in [0.3, 0.4) is 0 Å². The van der Waals surface area contributed by atoms with Crippen LogP contribution < -0.4 is 0 Å². The van der Waals surface area contributed by atoms with Crippen LogP contribution in [0.2, 0.25) is 0 Å². The molecule has 1 N–H and O–H groups in total. The Balaban J connectivity index is 2.79. The van der Waals surface area contributed by atoms with Gasteiger partial charge in [0.15, 0.2) is 0 Å². The number of rotatable bonds is 1. The van der Waals surface area contributed by atoms with E-state index in [1.807, 2.05) is 0 Å². The largest absolute Gasteiger partial charge is 0.477 e. The summed E-state index contributed by atoms with van der Waals surface area (Å²) >= 11 is 4.56. The van der Waals surface area contributed by atoms with E-state index < -0.39 is 5.97 Å². The highest BCUT2D eigenvalue weighted by atomic mass is 79.9. The Morgan fingerprint density at radius 3 is 3.17 bits per heavy atom. The van der Waals surface area contributed by atoms with Crippen LogP contribution in [0.1, 0.15) is 10.5 Å². The van der Waals surface area contributed by atoms with Crippen molar-refractivity contribution in [3.05, 3.63) is 22.0 Å². The van der Waals surface area contributed by atoms with Crippen molar-refractivity contribution < 1.29 is 9.90 Å². The molecule has 6 heteroatoms. The summed E-state index contributed by atoms with van der Waals surface area (Å²) in [6, 6.07) is 0. The molecule has 0 atom stereocenters. The van der Waals surface area contributed by atoms with E-state index >= 15 is 0 Å². The second-order valence-electron chi connectivity index (χ2n) is 2.14. The van der Waals surface area contributed by atoms with Gasteiger partial charge in [-0.3, -0.25) is 4.40 Å². The lowest BCUT2D eigenvalue weighted by Gasteiger charge is -1.87. The fourth-order valence-electron chi connectivity index (χ4n) is 0.914. The minimum Gasteiger partial charge on any atom is -0.477 e. The Hall–Kier alpha value is -0.880. The van der Waals surface area contributed by atoms with E-state index in [-0.39, 0.29) is 5.69 Å². The summed E-state index contributed by atoms with van der Waals surface area (Å²) in [5.41, 5.74) is 0.244. The fourth-order valence-corrected chi connectivity index (χ4v) is 2.32. The Labute approximate surface area is 79.6 Å². The molecule has 0 aromatic carbocycles. The molecule has 2 heterocycles. The van der Waals surface area contributed by atoms with Gasteiger partial charge in [-0.15, -0.1) is 11.3 Å². The highest BCUT2D eigenvalue weighted by Crippen LogP contribution is 2.23. The maximum absolute atomic E-state index is 10.6. The number of aromatic nitrogens is 2. The summed E-state index contributed by atoms with van der Waals surface area (Å²) in [7, 11) is 0. The molecule has 0 aliphatic carbocycles. The lowest BCUT2D eigenvalue weighted by Crippen LogP contribution is -1.99. The number of imidazole rings is 1. The molecule has 0 aliphatic rings. The van der Waals surface area contributed by atoms with Crippen LogP contribution in [-0.4, -0.2) is 20.5 Å². The third-order valence-corrected chi connectivity index (χ3v) is 3.24. The molecule has 0 amide bonds. The van der Waals surface area contributed by atoms with E-state index in [4.69, 9.17) is 5.11 Å². The van der Waals surface area contributed by atoms with Crippen LogP contribution in [-0.2, 0) is 0 Å². The molecule has 4 nitrogen and oxygen atoms in total. The van der Waals surface area contributed by atoms with Crippen molar-refractivity contribution in [3.63, 3.8) is 0 Å². The summed E-state index contributed by atoms with van der Waals surface area (Å²) in [6.45, 7) is 0. The van der Waals surface area contributed by atoms with E-state index in [1.165, 1.54) is 22.1 Å². The van der Waals surface area contributed by atoms with Gasteiger partial charge in [0, 0.05) is 5.38 Å². The molecule has 0 saturated heterocycles. The van der Waals surface area contributed by atoms with Crippen LogP contribution in [0.15, 0.2) is 16.3 Å². The second kappa shape index (κ2) is 2.56. The quantitative estimate of drug-likeness (QED) is 0.836.